The molecule has 6 nitrogen and oxygen atoms in total. The number of piperidine rings is 1. The van der Waals surface area contributed by atoms with Crippen molar-refractivity contribution < 1.29 is 9.90 Å². The number of benzene rings is 1. The van der Waals surface area contributed by atoms with Gasteiger partial charge in [-0.15, -0.1) is 11.3 Å². The number of imidazole rings is 1. The summed E-state index contributed by atoms with van der Waals surface area (Å²) in [6, 6.07) is 7.18. The molecule has 0 radical (unpaired) electrons. The van der Waals surface area contributed by atoms with Crippen LogP contribution in [0.25, 0.3) is 21.7 Å². The molecule has 1 saturated heterocycles. The van der Waals surface area contributed by atoms with Crippen molar-refractivity contribution in [2.45, 2.75) is 18.9 Å². The summed E-state index contributed by atoms with van der Waals surface area (Å²) in [4.78, 5) is 21.3. The highest BCUT2D eigenvalue weighted by atomic mass is 32.1. The zero-order valence-corrected chi connectivity index (χ0v) is 13.8. The van der Waals surface area contributed by atoms with Crippen molar-refractivity contribution >= 4 is 28.3 Å². The van der Waals surface area contributed by atoms with Crippen LogP contribution in [0, 0.1) is 0 Å². The third-order valence-electron chi connectivity index (χ3n) is 4.25. The molecule has 124 valence electrons. The Kier molecular flexibility index (Phi) is 3.95. The Bertz CT molecular complexity index is 866. The lowest BCUT2D eigenvalue weighted by molar-refractivity contribution is 0.0932. The summed E-state index contributed by atoms with van der Waals surface area (Å²) in [5.74, 6) is 0.601. The third kappa shape index (κ3) is 2.76. The number of phenols is 1. The second kappa shape index (κ2) is 6.26. The summed E-state index contributed by atoms with van der Waals surface area (Å²) < 4.78 is 0. The van der Waals surface area contributed by atoms with Gasteiger partial charge in [0.1, 0.15) is 22.6 Å². The predicted octanol–water partition coefficient (Wildman–Crippen LogP) is 2.48. The highest BCUT2D eigenvalue weighted by Gasteiger charge is 2.21. The second-order valence-corrected chi connectivity index (χ2v) is 6.88. The first-order chi connectivity index (χ1) is 11.7. The topological polar surface area (TPSA) is 90.0 Å². The van der Waals surface area contributed by atoms with Crippen LogP contribution in [0.1, 0.15) is 23.2 Å². The van der Waals surface area contributed by atoms with Crippen molar-refractivity contribution in [3.63, 3.8) is 0 Å². The minimum absolute atomic E-state index is 0.0937. The summed E-state index contributed by atoms with van der Waals surface area (Å²) >= 11 is 1.56. The number of aromatic amines is 1. The molecule has 1 fully saturated rings. The number of nitrogens with one attached hydrogen (secondary N) is 3. The smallest absolute Gasteiger partial charge is 0.253 e. The van der Waals surface area contributed by atoms with Gasteiger partial charge in [-0.1, -0.05) is 6.07 Å². The van der Waals surface area contributed by atoms with E-state index in [1.54, 1.807) is 17.4 Å². The maximum Gasteiger partial charge on any atom is 0.253 e. The number of fused-ring (bicyclic) bond motifs is 1. The molecule has 0 aliphatic carbocycles. The van der Waals surface area contributed by atoms with E-state index in [-0.39, 0.29) is 17.7 Å². The van der Waals surface area contributed by atoms with Crippen molar-refractivity contribution in [3.05, 3.63) is 35.2 Å². The van der Waals surface area contributed by atoms with Crippen LogP contribution >= 0.6 is 11.3 Å². The van der Waals surface area contributed by atoms with E-state index < -0.39 is 0 Å². The van der Waals surface area contributed by atoms with Crippen molar-refractivity contribution in [1.29, 1.82) is 0 Å². The van der Waals surface area contributed by atoms with E-state index in [1.807, 2.05) is 17.5 Å². The first-order valence-electron chi connectivity index (χ1n) is 7.99. The molecular formula is C17H18N4O2S. The van der Waals surface area contributed by atoms with Crippen LogP contribution in [0.4, 0.5) is 0 Å². The van der Waals surface area contributed by atoms with Gasteiger partial charge in [0.15, 0.2) is 0 Å². The molecule has 1 aliphatic rings. The molecule has 1 atom stereocenters. The van der Waals surface area contributed by atoms with Gasteiger partial charge in [-0.05, 0) is 43.0 Å². The zero-order chi connectivity index (χ0) is 16.5. The number of hydrogen-bond acceptors (Lipinski definition) is 5. The average molecular weight is 342 g/mol. The highest BCUT2D eigenvalue weighted by Crippen LogP contribution is 2.30. The lowest BCUT2D eigenvalue weighted by atomic mass is 10.1. The molecule has 1 aromatic carbocycles. The van der Waals surface area contributed by atoms with Gasteiger partial charge in [0, 0.05) is 12.6 Å². The molecule has 4 rings (SSSR count). The number of rotatable bonds is 3. The Morgan fingerprint density at radius 2 is 2.29 bits per heavy atom. The van der Waals surface area contributed by atoms with E-state index in [9.17, 15) is 9.90 Å². The van der Waals surface area contributed by atoms with Gasteiger partial charge in [0.25, 0.3) is 5.91 Å². The van der Waals surface area contributed by atoms with Crippen LogP contribution < -0.4 is 10.6 Å². The molecule has 2 aromatic heterocycles. The fourth-order valence-corrected chi connectivity index (χ4v) is 3.70. The average Bonchev–Trinajstić information content (AvgIpc) is 3.26. The molecular weight excluding hydrogens is 324 g/mol. The third-order valence-corrected chi connectivity index (χ3v) is 5.13. The molecule has 24 heavy (non-hydrogen) atoms. The lowest BCUT2D eigenvalue weighted by Crippen LogP contribution is -2.45. The number of aromatic nitrogens is 2. The number of nitrogens with zero attached hydrogens (tertiary/aromatic N) is 1. The van der Waals surface area contributed by atoms with Gasteiger partial charge in [-0.3, -0.25) is 4.79 Å². The number of carbonyl (C=O) groups excluding carboxylic acids is 1. The van der Waals surface area contributed by atoms with Gasteiger partial charge in [-0.25, -0.2) is 4.98 Å². The Hall–Kier alpha value is -2.38. The summed E-state index contributed by atoms with van der Waals surface area (Å²) in [6.45, 7) is 1.79. The first kappa shape index (κ1) is 15.2. The Balaban J connectivity index is 1.69. The van der Waals surface area contributed by atoms with Gasteiger partial charge >= 0.3 is 0 Å². The largest absolute Gasteiger partial charge is 0.506 e. The summed E-state index contributed by atoms with van der Waals surface area (Å²) in [5.41, 5.74) is 1.47. The quantitative estimate of drug-likeness (QED) is 0.589. The Morgan fingerprint density at radius 3 is 3.04 bits per heavy atom. The van der Waals surface area contributed by atoms with Crippen LogP contribution in [0.15, 0.2) is 29.6 Å². The molecule has 0 spiro atoms. The maximum absolute atomic E-state index is 12.7. The van der Waals surface area contributed by atoms with E-state index in [1.165, 1.54) is 6.07 Å². The van der Waals surface area contributed by atoms with E-state index >= 15 is 0 Å². The van der Waals surface area contributed by atoms with Crippen LogP contribution in [-0.2, 0) is 0 Å². The van der Waals surface area contributed by atoms with Crippen LogP contribution in [0.5, 0.6) is 5.75 Å². The molecule has 4 N–H and O–H groups in total. The molecule has 7 heteroatoms. The maximum atomic E-state index is 12.7. The van der Waals surface area contributed by atoms with Gasteiger partial charge in [0.05, 0.1) is 10.4 Å². The van der Waals surface area contributed by atoms with Crippen molar-refractivity contribution in [2.24, 2.45) is 0 Å². The monoisotopic (exact) mass is 342 g/mol. The summed E-state index contributed by atoms with van der Waals surface area (Å²) in [5, 5.41) is 18.4. The Morgan fingerprint density at radius 1 is 1.38 bits per heavy atom. The van der Waals surface area contributed by atoms with Crippen LogP contribution in [-0.4, -0.2) is 40.1 Å². The van der Waals surface area contributed by atoms with E-state index in [2.05, 4.69) is 20.6 Å². The number of thiophene rings is 1. The molecule has 1 amide bonds. The van der Waals surface area contributed by atoms with Crippen molar-refractivity contribution in [3.8, 4) is 16.5 Å². The minimum atomic E-state index is -0.155. The molecule has 0 bridgehead atoms. The fraction of sp³-hybridized carbons (Fsp3) is 0.294. The van der Waals surface area contributed by atoms with Crippen molar-refractivity contribution in [2.75, 3.05) is 13.1 Å². The molecule has 0 saturated carbocycles. The highest BCUT2D eigenvalue weighted by molar-refractivity contribution is 7.13. The standard InChI is InChI=1S/C17H18N4O2S/c22-12-6-5-11(17(23)19-10-3-1-7-18-9-10)14-15(12)21-16(20-14)13-4-2-8-24-13/h2,4-6,8,10,18,22H,1,3,7,9H2,(H,19,23)(H,20,21)/t10-/m0/s1. The van der Waals surface area contributed by atoms with Gasteiger partial charge in [0.2, 0.25) is 0 Å². The Labute approximate surface area is 142 Å². The number of amides is 1. The molecule has 0 unspecified atom stereocenters. The molecule has 3 aromatic rings. The fourth-order valence-electron chi connectivity index (χ4n) is 3.03. The second-order valence-electron chi connectivity index (χ2n) is 5.94. The van der Waals surface area contributed by atoms with Gasteiger partial charge in [-0.2, -0.15) is 0 Å². The van der Waals surface area contributed by atoms with Crippen LogP contribution in [0.2, 0.25) is 0 Å². The molecule has 3 heterocycles. The summed E-state index contributed by atoms with van der Waals surface area (Å²) in [6.07, 6.45) is 2.03. The lowest BCUT2D eigenvalue weighted by Gasteiger charge is -2.23. The van der Waals surface area contributed by atoms with Crippen LogP contribution in [0.3, 0.4) is 0 Å². The number of hydrogen-bond donors (Lipinski definition) is 4. The normalized spacial score (nSPS) is 17.9. The molecule has 1 aliphatic heterocycles. The zero-order valence-electron chi connectivity index (χ0n) is 13.0. The minimum Gasteiger partial charge on any atom is -0.506 e. The SMILES string of the molecule is O=C(N[C@H]1CCCNC1)c1ccc(O)c2[nH]c(-c3cccs3)nc12. The number of aromatic hydroxyl groups is 1. The van der Waals surface area contributed by atoms with E-state index in [0.717, 1.165) is 30.8 Å². The predicted molar refractivity (Wildman–Crippen MR) is 94.4 cm³/mol. The number of carbonyl (C=O) groups is 1. The number of H-pyrrole nitrogens is 1. The van der Waals surface area contributed by atoms with E-state index in [4.69, 9.17) is 0 Å². The van der Waals surface area contributed by atoms with Crippen molar-refractivity contribution in [1.82, 2.24) is 20.6 Å². The summed E-state index contributed by atoms with van der Waals surface area (Å²) in [7, 11) is 0. The number of phenolic OH excluding ortho intramolecular Hbond substituents is 1. The van der Waals surface area contributed by atoms with Gasteiger partial charge < -0.3 is 20.7 Å². The van der Waals surface area contributed by atoms with E-state index in [0.29, 0.717) is 22.4 Å². The first-order valence-corrected chi connectivity index (χ1v) is 8.87.